The Bertz CT molecular complexity index is 413. The van der Waals surface area contributed by atoms with Crippen molar-refractivity contribution in [2.45, 2.75) is 4.90 Å². The molecule has 0 fully saturated rings. The molecule has 0 spiro atoms. The van der Waals surface area contributed by atoms with Gasteiger partial charge >= 0.3 is 0 Å². The maximum Gasteiger partial charge on any atom is 0.213 e. The molecule has 2 aromatic rings. The predicted molar refractivity (Wildman–Crippen MR) is 60.1 cm³/mol. The van der Waals surface area contributed by atoms with Crippen molar-refractivity contribution in [2.24, 2.45) is 0 Å². The molecule has 0 unspecified atom stereocenters. The molecule has 0 N–H and O–H groups in total. The largest absolute Gasteiger partial charge is 0.481 e. The third-order valence-corrected chi connectivity index (χ3v) is 2.81. The van der Waals surface area contributed by atoms with Crippen molar-refractivity contribution < 1.29 is 4.74 Å². The summed E-state index contributed by atoms with van der Waals surface area (Å²) in [5.41, 5.74) is 0.974. The number of fused-ring (bicyclic) bond motifs is 1. The van der Waals surface area contributed by atoms with Crippen LogP contribution in [-0.2, 0) is 0 Å². The fraction of sp³-hybridized carbons (Fsp3) is 0.182. The van der Waals surface area contributed by atoms with Crippen LogP contribution >= 0.6 is 11.8 Å². The Hall–Kier alpha value is -1.22. The molecule has 14 heavy (non-hydrogen) atoms. The minimum Gasteiger partial charge on any atom is -0.481 e. The molecule has 0 amide bonds. The Balaban J connectivity index is 2.57. The van der Waals surface area contributed by atoms with Crippen molar-refractivity contribution in [1.29, 1.82) is 0 Å². The second-order valence-corrected chi connectivity index (χ2v) is 3.79. The van der Waals surface area contributed by atoms with E-state index >= 15 is 0 Å². The number of hydrogen-bond donors (Lipinski definition) is 0. The van der Waals surface area contributed by atoms with Gasteiger partial charge in [-0.3, -0.25) is 0 Å². The van der Waals surface area contributed by atoms with Crippen molar-refractivity contribution in [3.05, 3.63) is 30.3 Å². The van der Waals surface area contributed by atoms with Gasteiger partial charge in [0, 0.05) is 16.3 Å². The lowest BCUT2D eigenvalue weighted by atomic mass is 10.2. The summed E-state index contributed by atoms with van der Waals surface area (Å²) in [7, 11) is 1.63. The first kappa shape index (κ1) is 9.34. The van der Waals surface area contributed by atoms with E-state index in [1.165, 1.54) is 4.90 Å². The van der Waals surface area contributed by atoms with E-state index in [1.807, 2.05) is 18.2 Å². The van der Waals surface area contributed by atoms with Crippen LogP contribution in [-0.4, -0.2) is 18.3 Å². The molecule has 0 radical (unpaired) electrons. The third-order valence-electron chi connectivity index (χ3n) is 2.08. The smallest absolute Gasteiger partial charge is 0.213 e. The molecule has 1 heterocycles. The highest BCUT2D eigenvalue weighted by molar-refractivity contribution is 7.98. The fourth-order valence-electron chi connectivity index (χ4n) is 1.33. The van der Waals surface area contributed by atoms with Crippen molar-refractivity contribution >= 4 is 22.7 Å². The predicted octanol–water partition coefficient (Wildman–Crippen LogP) is 2.97. The molecule has 2 rings (SSSR count). The van der Waals surface area contributed by atoms with Crippen LogP contribution in [0.3, 0.4) is 0 Å². The number of hydrogen-bond acceptors (Lipinski definition) is 3. The molecule has 0 atom stereocenters. The molecule has 2 nitrogen and oxygen atoms in total. The molecular weight excluding hydrogens is 194 g/mol. The average Bonchev–Trinajstić information content (AvgIpc) is 2.27. The first-order valence-corrected chi connectivity index (χ1v) is 5.55. The first-order chi connectivity index (χ1) is 6.83. The Morgan fingerprint density at radius 3 is 2.79 bits per heavy atom. The Morgan fingerprint density at radius 1 is 1.21 bits per heavy atom. The van der Waals surface area contributed by atoms with Crippen LogP contribution in [0, 0.1) is 0 Å². The topological polar surface area (TPSA) is 22.1 Å². The normalized spacial score (nSPS) is 10.4. The van der Waals surface area contributed by atoms with Gasteiger partial charge in [-0.25, -0.2) is 4.98 Å². The van der Waals surface area contributed by atoms with Crippen LogP contribution in [0.2, 0.25) is 0 Å². The molecule has 0 bridgehead atoms. The van der Waals surface area contributed by atoms with Gasteiger partial charge in [-0.2, -0.15) is 0 Å². The van der Waals surface area contributed by atoms with Crippen LogP contribution in [0.4, 0.5) is 0 Å². The van der Waals surface area contributed by atoms with Crippen LogP contribution < -0.4 is 4.74 Å². The molecule has 0 aliphatic heterocycles. The SMILES string of the molecule is COc1ccc2cc(SC)ccc2n1. The van der Waals surface area contributed by atoms with Gasteiger partial charge in [-0.1, -0.05) is 0 Å². The molecule has 72 valence electrons. The summed E-state index contributed by atoms with van der Waals surface area (Å²) in [5.74, 6) is 0.661. The molecule has 0 saturated heterocycles. The quantitative estimate of drug-likeness (QED) is 0.704. The second kappa shape index (κ2) is 3.88. The molecule has 0 saturated carbocycles. The van der Waals surface area contributed by atoms with Gasteiger partial charge < -0.3 is 4.74 Å². The van der Waals surface area contributed by atoms with Gasteiger partial charge in [-0.15, -0.1) is 11.8 Å². The maximum absolute atomic E-state index is 5.06. The summed E-state index contributed by atoms with van der Waals surface area (Å²) in [6.07, 6.45) is 2.07. The zero-order chi connectivity index (χ0) is 9.97. The lowest BCUT2D eigenvalue weighted by molar-refractivity contribution is 0.399. The number of nitrogens with zero attached hydrogens (tertiary/aromatic N) is 1. The van der Waals surface area contributed by atoms with Gasteiger partial charge in [0.05, 0.1) is 12.6 Å². The fourth-order valence-corrected chi connectivity index (χ4v) is 1.77. The highest BCUT2D eigenvalue weighted by Crippen LogP contribution is 2.22. The molecule has 1 aromatic heterocycles. The number of thioether (sulfide) groups is 1. The van der Waals surface area contributed by atoms with Gasteiger partial charge in [0.1, 0.15) is 0 Å². The Labute approximate surface area is 87.3 Å². The monoisotopic (exact) mass is 205 g/mol. The van der Waals surface area contributed by atoms with Gasteiger partial charge in [0.25, 0.3) is 0 Å². The van der Waals surface area contributed by atoms with Crippen LogP contribution in [0.5, 0.6) is 5.88 Å². The third kappa shape index (κ3) is 1.68. The number of benzene rings is 1. The minimum atomic E-state index is 0.661. The zero-order valence-corrected chi connectivity index (χ0v) is 8.97. The Morgan fingerprint density at radius 2 is 2.07 bits per heavy atom. The van der Waals surface area contributed by atoms with Crippen molar-refractivity contribution in [3.8, 4) is 5.88 Å². The molecule has 0 aliphatic rings. The van der Waals surface area contributed by atoms with Gasteiger partial charge in [0.15, 0.2) is 0 Å². The van der Waals surface area contributed by atoms with Crippen LogP contribution in [0.25, 0.3) is 10.9 Å². The summed E-state index contributed by atoms with van der Waals surface area (Å²) in [4.78, 5) is 5.59. The minimum absolute atomic E-state index is 0.661. The van der Waals surface area contributed by atoms with E-state index < -0.39 is 0 Å². The van der Waals surface area contributed by atoms with Gasteiger partial charge in [-0.05, 0) is 30.5 Å². The zero-order valence-electron chi connectivity index (χ0n) is 8.15. The summed E-state index contributed by atoms with van der Waals surface area (Å²) in [6, 6.07) is 10.1. The average molecular weight is 205 g/mol. The first-order valence-electron chi connectivity index (χ1n) is 4.32. The van der Waals surface area contributed by atoms with Crippen molar-refractivity contribution in [2.75, 3.05) is 13.4 Å². The highest BCUT2D eigenvalue weighted by Gasteiger charge is 1.98. The molecule has 3 heteroatoms. The van der Waals surface area contributed by atoms with Crippen molar-refractivity contribution in [3.63, 3.8) is 0 Å². The van der Waals surface area contributed by atoms with Gasteiger partial charge in [0.2, 0.25) is 5.88 Å². The summed E-state index contributed by atoms with van der Waals surface area (Å²) in [6.45, 7) is 0. The molecular formula is C11H11NOS. The number of ether oxygens (including phenoxy) is 1. The van der Waals surface area contributed by atoms with E-state index in [0.29, 0.717) is 5.88 Å². The Kier molecular flexibility index (Phi) is 2.59. The number of methoxy groups -OCH3 is 1. The van der Waals surface area contributed by atoms with Crippen molar-refractivity contribution in [1.82, 2.24) is 4.98 Å². The number of aromatic nitrogens is 1. The number of pyridine rings is 1. The van der Waals surface area contributed by atoms with Crippen LogP contribution in [0.1, 0.15) is 0 Å². The van der Waals surface area contributed by atoms with E-state index in [2.05, 4.69) is 23.4 Å². The summed E-state index contributed by atoms with van der Waals surface area (Å²) in [5, 5.41) is 1.15. The highest BCUT2D eigenvalue weighted by atomic mass is 32.2. The standard InChI is InChI=1S/C11H11NOS/c1-13-11-6-3-8-7-9(14-2)4-5-10(8)12-11/h3-7H,1-2H3. The van der Waals surface area contributed by atoms with E-state index in [9.17, 15) is 0 Å². The summed E-state index contributed by atoms with van der Waals surface area (Å²) < 4.78 is 5.06. The van der Waals surface area contributed by atoms with E-state index in [4.69, 9.17) is 4.74 Å². The second-order valence-electron chi connectivity index (χ2n) is 2.91. The lowest BCUT2D eigenvalue weighted by Gasteiger charge is -2.02. The molecule has 0 aliphatic carbocycles. The number of rotatable bonds is 2. The van der Waals surface area contributed by atoms with E-state index in [1.54, 1.807) is 18.9 Å². The lowest BCUT2D eigenvalue weighted by Crippen LogP contribution is -1.87. The van der Waals surface area contributed by atoms with Crippen LogP contribution in [0.15, 0.2) is 35.2 Å². The van der Waals surface area contributed by atoms with E-state index in [0.717, 1.165) is 10.9 Å². The maximum atomic E-state index is 5.06. The molecule has 1 aromatic carbocycles. The summed E-state index contributed by atoms with van der Waals surface area (Å²) >= 11 is 1.73. The van der Waals surface area contributed by atoms with E-state index in [-0.39, 0.29) is 0 Å².